The Hall–Kier alpha value is -1.22. The predicted octanol–water partition coefficient (Wildman–Crippen LogP) is 2.13. The molecular formula is C13H17NO2. The molecule has 2 aliphatic heterocycles. The molecule has 0 aliphatic carbocycles. The van der Waals surface area contributed by atoms with Gasteiger partial charge in [-0.25, -0.2) is 0 Å². The molecule has 2 aliphatic rings. The molecule has 1 saturated heterocycles. The fourth-order valence-electron chi connectivity index (χ4n) is 2.53. The first kappa shape index (κ1) is 9.97. The van der Waals surface area contributed by atoms with E-state index in [1.165, 1.54) is 12.0 Å². The van der Waals surface area contributed by atoms with Gasteiger partial charge in [0.15, 0.2) is 11.5 Å². The highest BCUT2D eigenvalue weighted by Crippen LogP contribution is 2.36. The molecule has 0 spiro atoms. The Morgan fingerprint density at radius 2 is 2.00 bits per heavy atom. The van der Waals surface area contributed by atoms with Crippen molar-refractivity contribution in [1.82, 2.24) is 5.32 Å². The van der Waals surface area contributed by atoms with Gasteiger partial charge in [-0.15, -0.1) is 0 Å². The molecule has 0 bridgehead atoms. The van der Waals surface area contributed by atoms with E-state index in [9.17, 15) is 0 Å². The van der Waals surface area contributed by atoms with E-state index in [0.717, 1.165) is 18.0 Å². The molecule has 2 heterocycles. The fraction of sp³-hybridized carbons (Fsp3) is 0.538. The van der Waals surface area contributed by atoms with Crippen molar-refractivity contribution in [3.8, 4) is 11.5 Å². The highest BCUT2D eigenvalue weighted by molar-refractivity contribution is 5.44. The molecule has 86 valence electrons. The molecule has 3 heteroatoms. The third-order valence-corrected chi connectivity index (χ3v) is 3.46. The van der Waals surface area contributed by atoms with Crippen LogP contribution in [0.4, 0.5) is 0 Å². The number of nitrogens with one attached hydrogen (secondary N) is 1. The van der Waals surface area contributed by atoms with Crippen LogP contribution >= 0.6 is 0 Å². The van der Waals surface area contributed by atoms with Gasteiger partial charge in [0, 0.05) is 6.04 Å². The minimum Gasteiger partial charge on any atom is -0.486 e. The summed E-state index contributed by atoms with van der Waals surface area (Å²) in [5.74, 6) is 2.47. The van der Waals surface area contributed by atoms with Gasteiger partial charge in [0.1, 0.15) is 13.2 Å². The Morgan fingerprint density at radius 3 is 2.75 bits per heavy atom. The molecule has 0 aromatic heterocycles. The lowest BCUT2D eigenvalue weighted by atomic mass is 9.96. The first-order valence-electron chi connectivity index (χ1n) is 5.97. The van der Waals surface area contributed by atoms with E-state index in [4.69, 9.17) is 9.47 Å². The second-order valence-corrected chi connectivity index (χ2v) is 4.60. The van der Waals surface area contributed by atoms with Crippen LogP contribution in [-0.2, 0) is 0 Å². The Balaban J connectivity index is 1.90. The van der Waals surface area contributed by atoms with Crippen molar-refractivity contribution in [1.29, 1.82) is 0 Å². The third kappa shape index (κ3) is 1.65. The van der Waals surface area contributed by atoms with Crippen LogP contribution in [0.15, 0.2) is 18.2 Å². The van der Waals surface area contributed by atoms with Crippen LogP contribution in [0, 0.1) is 5.92 Å². The van der Waals surface area contributed by atoms with E-state index >= 15 is 0 Å². The first-order chi connectivity index (χ1) is 7.84. The number of benzene rings is 1. The van der Waals surface area contributed by atoms with Gasteiger partial charge < -0.3 is 14.8 Å². The van der Waals surface area contributed by atoms with Crippen molar-refractivity contribution in [2.75, 3.05) is 19.8 Å². The summed E-state index contributed by atoms with van der Waals surface area (Å²) in [4.78, 5) is 0. The molecule has 1 aromatic carbocycles. The molecule has 1 fully saturated rings. The quantitative estimate of drug-likeness (QED) is 0.785. The van der Waals surface area contributed by atoms with Crippen LogP contribution in [0.2, 0.25) is 0 Å². The number of hydrogen-bond donors (Lipinski definition) is 1. The van der Waals surface area contributed by atoms with Crippen LogP contribution in [0.3, 0.4) is 0 Å². The molecule has 0 radical (unpaired) electrons. The maximum Gasteiger partial charge on any atom is 0.161 e. The van der Waals surface area contributed by atoms with Crippen LogP contribution in [-0.4, -0.2) is 19.8 Å². The van der Waals surface area contributed by atoms with Crippen LogP contribution < -0.4 is 14.8 Å². The van der Waals surface area contributed by atoms with Gasteiger partial charge in [-0.1, -0.05) is 13.0 Å². The maximum absolute atomic E-state index is 5.61. The van der Waals surface area contributed by atoms with Crippen molar-refractivity contribution in [3.05, 3.63) is 23.8 Å². The first-order valence-corrected chi connectivity index (χ1v) is 5.97. The van der Waals surface area contributed by atoms with E-state index in [0.29, 0.717) is 25.2 Å². The second kappa shape index (κ2) is 3.98. The molecule has 16 heavy (non-hydrogen) atoms. The third-order valence-electron chi connectivity index (χ3n) is 3.46. The van der Waals surface area contributed by atoms with Crippen molar-refractivity contribution in [3.63, 3.8) is 0 Å². The molecule has 1 aromatic rings. The highest BCUT2D eigenvalue weighted by Gasteiger charge is 2.25. The average Bonchev–Trinajstić information content (AvgIpc) is 2.75. The minimum absolute atomic E-state index is 0.468. The molecule has 3 nitrogen and oxygen atoms in total. The molecule has 2 atom stereocenters. The van der Waals surface area contributed by atoms with E-state index in [1.807, 2.05) is 6.07 Å². The van der Waals surface area contributed by atoms with Gasteiger partial charge in [-0.05, 0) is 36.6 Å². The average molecular weight is 219 g/mol. The second-order valence-electron chi connectivity index (χ2n) is 4.60. The standard InChI is InChI=1S/C13H17NO2/c1-9-4-5-14-13(9)10-2-3-11-12(8-10)16-7-6-15-11/h2-3,8-9,13-14H,4-7H2,1H3/t9-,13-/m1/s1. The minimum atomic E-state index is 0.468. The van der Waals surface area contributed by atoms with Gasteiger partial charge >= 0.3 is 0 Å². The van der Waals surface area contributed by atoms with Crippen LogP contribution in [0.1, 0.15) is 24.9 Å². The van der Waals surface area contributed by atoms with Gasteiger partial charge in [0.25, 0.3) is 0 Å². The van der Waals surface area contributed by atoms with E-state index in [-0.39, 0.29) is 0 Å². The molecule has 3 rings (SSSR count). The van der Waals surface area contributed by atoms with Gasteiger partial charge in [0.05, 0.1) is 0 Å². The van der Waals surface area contributed by atoms with E-state index in [1.54, 1.807) is 0 Å². The summed E-state index contributed by atoms with van der Waals surface area (Å²) in [5.41, 5.74) is 1.31. The zero-order chi connectivity index (χ0) is 11.0. The number of fused-ring (bicyclic) bond motifs is 1. The zero-order valence-electron chi connectivity index (χ0n) is 9.53. The summed E-state index contributed by atoms with van der Waals surface area (Å²) < 4.78 is 11.1. The van der Waals surface area contributed by atoms with Crippen molar-refractivity contribution >= 4 is 0 Å². The molecule has 0 unspecified atom stereocenters. The molecular weight excluding hydrogens is 202 g/mol. The van der Waals surface area contributed by atoms with Crippen molar-refractivity contribution in [2.24, 2.45) is 5.92 Å². The van der Waals surface area contributed by atoms with Crippen LogP contribution in [0.5, 0.6) is 11.5 Å². The van der Waals surface area contributed by atoms with Gasteiger partial charge in [-0.2, -0.15) is 0 Å². The Morgan fingerprint density at radius 1 is 1.19 bits per heavy atom. The maximum atomic E-state index is 5.61. The smallest absolute Gasteiger partial charge is 0.161 e. The summed E-state index contributed by atoms with van der Waals surface area (Å²) in [7, 11) is 0. The molecule has 0 saturated carbocycles. The lowest BCUT2D eigenvalue weighted by Gasteiger charge is -2.22. The number of rotatable bonds is 1. The summed E-state index contributed by atoms with van der Waals surface area (Å²) in [5, 5.41) is 3.53. The summed E-state index contributed by atoms with van der Waals surface area (Å²) in [6.45, 7) is 4.72. The van der Waals surface area contributed by atoms with Gasteiger partial charge in [-0.3, -0.25) is 0 Å². The Labute approximate surface area is 95.8 Å². The highest BCUT2D eigenvalue weighted by atomic mass is 16.6. The lowest BCUT2D eigenvalue weighted by molar-refractivity contribution is 0.171. The number of ether oxygens (including phenoxy) is 2. The summed E-state index contributed by atoms with van der Waals surface area (Å²) in [6.07, 6.45) is 1.25. The predicted molar refractivity (Wildman–Crippen MR) is 62.0 cm³/mol. The molecule has 1 N–H and O–H groups in total. The topological polar surface area (TPSA) is 30.5 Å². The zero-order valence-corrected chi connectivity index (χ0v) is 9.53. The lowest BCUT2D eigenvalue weighted by Crippen LogP contribution is -2.18. The monoisotopic (exact) mass is 219 g/mol. The normalized spacial score (nSPS) is 28.1. The van der Waals surface area contributed by atoms with Crippen molar-refractivity contribution < 1.29 is 9.47 Å². The van der Waals surface area contributed by atoms with Gasteiger partial charge in [0.2, 0.25) is 0 Å². The Kier molecular flexibility index (Phi) is 2.48. The summed E-state index contributed by atoms with van der Waals surface area (Å²) >= 11 is 0. The summed E-state index contributed by atoms with van der Waals surface area (Å²) in [6, 6.07) is 6.76. The van der Waals surface area contributed by atoms with Crippen molar-refractivity contribution in [2.45, 2.75) is 19.4 Å². The molecule has 0 amide bonds. The number of hydrogen-bond acceptors (Lipinski definition) is 3. The largest absolute Gasteiger partial charge is 0.486 e. The Bertz CT molecular complexity index is 392. The van der Waals surface area contributed by atoms with E-state index in [2.05, 4.69) is 24.4 Å². The SMILES string of the molecule is C[C@@H]1CCN[C@H]1c1ccc2c(c1)OCCO2. The van der Waals surface area contributed by atoms with E-state index < -0.39 is 0 Å². The van der Waals surface area contributed by atoms with Crippen LogP contribution in [0.25, 0.3) is 0 Å². The fourth-order valence-corrected chi connectivity index (χ4v) is 2.53.